The number of hydrogen-bond donors (Lipinski definition) is 0. The van der Waals surface area contributed by atoms with Gasteiger partial charge in [-0.05, 0) is 49.9 Å². The summed E-state index contributed by atoms with van der Waals surface area (Å²) in [5.74, 6) is 0.692. The fourth-order valence-electron chi connectivity index (χ4n) is 2.15. The Balaban J connectivity index is 2.26. The summed E-state index contributed by atoms with van der Waals surface area (Å²) in [7, 11) is 1.68. The second-order valence-corrected chi connectivity index (χ2v) is 7.24. The number of hydrogen-bond acceptors (Lipinski definition) is 4. The van der Waals surface area contributed by atoms with Crippen molar-refractivity contribution in [2.75, 3.05) is 13.2 Å². The third-order valence-electron chi connectivity index (χ3n) is 3.36. The molecule has 0 spiro atoms. The zero-order valence-electron chi connectivity index (χ0n) is 11.0. The van der Waals surface area contributed by atoms with Crippen molar-refractivity contribution >= 4 is 19.7 Å². The molecule has 1 heterocycles. The van der Waals surface area contributed by atoms with Crippen molar-refractivity contribution in [3.8, 4) is 5.75 Å². The average molecular weight is 305 g/mol. The van der Waals surface area contributed by atoms with Crippen molar-refractivity contribution in [3.05, 3.63) is 23.3 Å². The van der Waals surface area contributed by atoms with Crippen LogP contribution in [-0.2, 0) is 13.8 Å². The Labute approximate surface area is 118 Å². The molecule has 6 heteroatoms. The molecule has 0 bridgehead atoms. The van der Waals surface area contributed by atoms with E-state index >= 15 is 0 Å². The molecule has 1 aromatic carbocycles. The van der Waals surface area contributed by atoms with E-state index in [0.29, 0.717) is 17.9 Å². The lowest BCUT2D eigenvalue weighted by Gasteiger charge is -2.24. The monoisotopic (exact) mass is 304 g/mol. The summed E-state index contributed by atoms with van der Waals surface area (Å²) in [5.41, 5.74) is 1.43. The standard InChI is InChI=1S/C13H17ClO4S/c1-9-10(2)13(19(14,15)16)6-5-12(9)18-11-4-3-7-17-8-11/h5-6,11H,3-4,7-8H2,1-2H3. The molecule has 0 radical (unpaired) electrons. The Bertz CT molecular complexity index is 562. The van der Waals surface area contributed by atoms with Gasteiger partial charge in [0.1, 0.15) is 11.9 Å². The Kier molecular flexibility index (Phi) is 4.38. The number of halogens is 1. The van der Waals surface area contributed by atoms with Gasteiger partial charge in [0, 0.05) is 17.3 Å². The first-order chi connectivity index (χ1) is 8.89. The van der Waals surface area contributed by atoms with Crippen molar-refractivity contribution in [2.45, 2.75) is 37.7 Å². The minimum absolute atomic E-state index is 0.0327. The predicted molar refractivity (Wildman–Crippen MR) is 73.4 cm³/mol. The Morgan fingerprint density at radius 2 is 2.05 bits per heavy atom. The minimum atomic E-state index is -3.71. The topological polar surface area (TPSA) is 52.6 Å². The second kappa shape index (κ2) is 5.69. The molecular weight excluding hydrogens is 288 g/mol. The van der Waals surface area contributed by atoms with Gasteiger partial charge in [0.25, 0.3) is 9.05 Å². The number of benzene rings is 1. The van der Waals surface area contributed by atoms with E-state index < -0.39 is 9.05 Å². The molecule has 0 N–H and O–H groups in total. The highest BCUT2D eigenvalue weighted by Gasteiger charge is 2.20. The van der Waals surface area contributed by atoms with Crippen LogP contribution in [0.1, 0.15) is 24.0 Å². The first kappa shape index (κ1) is 14.6. The highest BCUT2D eigenvalue weighted by Crippen LogP contribution is 2.30. The molecule has 1 atom stereocenters. The first-order valence-electron chi connectivity index (χ1n) is 6.19. The van der Waals surface area contributed by atoms with Crippen LogP contribution in [0.5, 0.6) is 5.75 Å². The van der Waals surface area contributed by atoms with Crippen molar-refractivity contribution < 1.29 is 17.9 Å². The van der Waals surface area contributed by atoms with E-state index in [1.54, 1.807) is 13.0 Å². The smallest absolute Gasteiger partial charge is 0.261 e. The molecule has 0 aromatic heterocycles. The van der Waals surface area contributed by atoms with E-state index in [1.807, 2.05) is 6.92 Å². The van der Waals surface area contributed by atoms with E-state index in [0.717, 1.165) is 25.0 Å². The lowest BCUT2D eigenvalue weighted by molar-refractivity contribution is 0.00710. The molecule has 1 saturated heterocycles. The van der Waals surface area contributed by atoms with Gasteiger partial charge in [-0.2, -0.15) is 0 Å². The van der Waals surface area contributed by atoms with E-state index in [-0.39, 0.29) is 11.0 Å². The summed E-state index contributed by atoms with van der Waals surface area (Å²) in [6.45, 7) is 4.92. The van der Waals surface area contributed by atoms with Gasteiger partial charge in [0.2, 0.25) is 0 Å². The van der Waals surface area contributed by atoms with Gasteiger partial charge >= 0.3 is 0 Å². The summed E-state index contributed by atoms with van der Waals surface area (Å²) in [6.07, 6.45) is 1.97. The lowest BCUT2D eigenvalue weighted by Crippen LogP contribution is -2.28. The Hall–Kier alpha value is -0.780. The summed E-state index contributed by atoms with van der Waals surface area (Å²) in [5, 5.41) is 0. The van der Waals surface area contributed by atoms with Crippen LogP contribution < -0.4 is 4.74 Å². The molecule has 2 rings (SSSR count). The van der Waals surface area contributed by atoms with Gasteiger partial charge in [0.15, 0.2) is 0 Å². The van der Waals surface area contributed by atoms with Crippen LogP contribution in [0.15, 0.2) is 17.0 Å². The highest BCUT2D eigenvalue weighted by molar-refractivity contribution is 8.13. The summed E-state index contributed by atoms with van der Waals surface area (Å²) >= 11 is 0. The Morgan fingerprint density at radius 3 is 2.63 bits per heavy atom. The van der Waals surface area contributed by atoms with E-state index in [2.05, 4.69) is 0 Å². The fourth-order valence-corrected chi connectivity index (χ4v) is 3.40. The van der Waals surface area contributed by atoms with Crippen molar-refractivity contribution in [1.82, 2.24) is 0 Å². The zero-order chi connectivity index (χ0) is 14.0. The Morgan fingerprint density at radius 1 is 1.32 bits per heavy atom. The molecule has 1 aliphatic heterocycles. The van der Waals surface area contributed by atoms with E-state index in [4.69, 9.17) is 20.2 Å². The molecule has 4 nitrogen and oxygen atoms in total. The van der Waals surface area contributed by atoms with E-state index in [9.17, 15) is 8.42 Å². The van der Waals surface area contributed by atoms with E-state index in [1.165, 1.54) is 6.07 Å². The van der Waals surface area contributed by atoms with Crippen molar-refractivity contribution in [1.29, 1.82) is 0 Å². The minimum Gasteiger partial charge on any atom is -0.488 e. The fraction of sp³-hybridized carbons (Fsp3) is 0.538. The molecular formula is C13H17ClO4S. The SMILES string of the molecule is Cc1c(OC2CCCOC2)ccc(S(=O)(=O)Cl)c1C. The van der Waals surface area contributed by atoms with Gasteiger partial charge in [-0.25, -0.2) is 8.42 Å². The first-order valence-corrected chi connectivity index (χ1v) is 8.50. The van der Waals surface area contributed by atoms with Crippen LogP contribution in [-0.4, -0.2) is 27.7 Å². The molecule has 1 fully saturated rings. The van der Waals surface area contributed by atoms with Crippen LogP contribution in [0.3, 0.4) is 0 Å². The quantitative estimate of drug-likeness (QED) is 0.806. The van der Waals surface area contributed by atoms with Gasteiger partial charge < -0.3 is 9.47 Å². The second-order valence-electron chi connectivity index (χ2n) is 4.71. The third-order valence-corrected chi connectivity index (χ3v) is 4.83. The summed E-state index contributed by atoms with van der Waals surface area (Å²) in [4.78, 5) is 0.138. The maximum atomic E-state index is 11.4. The normalized spacial score (nSPS) is 20.3. The highest BCUT2D eigenvalue weighted by atomic mass is 35.7. The maximum absolute atomic E-state index is 11.4. The zero-order valence-corrected chi connectivity index (χ0v) is 12.6. The molecule has 0 saturated carbocycles. The molecule has 0 aliphatic carbocycles. The van der Waals surface area contributed by atoms with Gasteiger partial charge in [0.05, 0.1) is 11.5 Å². The van der Waals surface area contributed by atoms with Crippen molar-refractivity contribution in [2.24, 2.45) is 0 Å². The van der Waals surface area contributed by atoms with Crippen molar-refractivity contribution in [3.63, 3.8) is 0 Å². The number of ether oxygens (including phenoxy) is 2. The molecule has 0 amide bonds. The molecule has 1 aromatic rings. The lowest BCUT2D eigenvalue weighted by atomic mass is 10.1. The maximum Gasteiger partial charge on any atom is 0.261 e. The largest absolute Gasteiger partial charge is 0.488 e. The average Bonchev–Trinajstić information content (AvgIpc) is 2.35. The van der Waals surface area contributed by atoms with Crippen LogP contribution in [0, 0.1) is 13.8 Å². The molecule has 19 heavy (non-hydrogen) atoms. The number of rotatable bonds is 3. The summed E-state index contributed by atoms with van der Waals surface area (Å²) in [6, 6.07) is 3.15. The van der Waals surface area contributed by atoms with Crippen LogP contribution in [0.2, 0.25) is 0 Å². The molecule has 1 aliphatic rings. The van der Waals surface area contributed by atoms with Gasteiger partial charge in [-0.15, -0.1) is 0 Å². The van der Waals surface area contributed by atoms with Crippen LogP contribution >= 0.6 is 10.7 Å². The van der Waals surface area contributed by atoms with Gasteiger partial charge in [-0.1, -0.05) is 0 Å². The molecule has 1 unspecified atom stereocenters. The third kappa shape index (κ3) is 3.41. The predicted octanol–water partition coefficient (Wildman–Crippen LogP) is 2.79. The summed E-state index contributed by atoms with van der Waals surface area (Å²) < 4.78 is 34.1. The van der Waals surface area contributed by atoms with Crippen LogP contribution in [0.25, 0.3) is 0 Å². The molecule has 106 valence electrons. The van der Waals surface area contributed by atoms with Gasteiger partial charge in [-0.3, -0.25) is 0 Å². The van der Waals surface area contributed by atoms with Crippen LogP contribution in [0.4, 0.5) is 0 Å².